The van der Waals surface area contributed by atoms with Gasteiger partial charge in [-0.3, -0.25) is 4.90 Å². The lowest BCUT2D eigenvalue weighted by Gasteiger charge is -2.30. The summed E-state index contributed by atoms with van der Waals surface area (Å²) in [6.45, 7) is 7.39. The minimum Gasteiger partial charge on any atom is -0.399 e. The summed E-state index contributed by atoms with van der Waals surface area (Å²) in [5.41, 5.74) is 7.99. The van der Waals surface area contributed by atoms with Crippen LogP contribution in [-0.2, 0) is 11.2 Å². The summed E-state index contributed by atoms with van der Waals surface area (Å²) in [5, 5.41) is 0. The Kier molecular flexibility index (Phi) is 7.53. The molecule has 0 unspecified atom stereocenters. The van der Waals surface area contributed by atoms with Crippen molar-refractivity contribution < 1.29 is 4.74 Å². The average molecular weight is 264 g/mol. The lowest BCUT2D eigenvalue weighted by molar-refractivity contribution is 0.116. The van der Waals surface area contributed by atoms with Crippen LogP contribution in [-0.4, -0.2) is 37.7 Å². The highest BCUT2D eigenvalue weighted by Crippen LogP contribution is 2.12. The van der Waals surface area contributed by atoms with Crippen LogP contribution in [0, 0.1) is 0 Å². The average Bonchev–Trinajstić information content (AvgIpc) is 2.42. The summed E-state index contributed by atoms with van der Waals surface area (Å²) in [6, 6.07) is 8.84. The normalized spacial score (nSPS) is 11.4. The molecule has 108 valence electrons. The summed E-state index contributed by atoms with van der Waals surface area (Å²) in [5.74, 6) is 0. The molecule has 3 nitrogen and oxygen atoms in total. The zero-order valence-electron chi connectivity index (χ0n) is 12.6. The fourth-order valence-corrected chi connectivity index (χ4v) is 2.51. The standard InChI is InChI=1S/C16H28N2O/c1-4-16(5-2)18(11-12-19-3)10-9-14-7-6-8-15(17)13-14/h6-8,13,16H,4-5,9-12,17H2,1-3H3. The number of benzene rings is 1. The molecule has 0 spiro atoms. The lowest BCUT2D eigenvalue weighted by atomic mass is 10.1. The van der Waals surface area contributed by atoms with E-state index in [9.17, 15) is 0 Å². The van der Waals surface area contributed by atoms with Crippen molar-refractivity contribution >= 4 is 5.69 Å². The molecule has 1 rings (SSSR count). The van der Waals surface area contributed by atoms with Gasteiger partial charge in [-0.15, -0.1) is 0 Å². The highest BCUT2D eigenvalue weighted by Gasteiger charge is 2.14. The molecule has 2 N–H and O–H groups in total. The summed E-state index contributed by atoms with van der Waals surface area (Å²) in [4.78, 5) is 2.53. The first-order valence-electron chi connectivity index (χ1n) is 7.28. The van der Waals surface area contributed by atoms with E-state index < -0.39 is 0 Å². The summed E-state index contributed by atoms with van der Waals surface area (Å²) in [7, 11) is 1.77. The minimum atomic E-state index is 0.649. The molecule has 0 aliphatic rings. The molecular formula is C16H28N2O. The minimum absolute atomic E-state index is 0.649. The summed E-state index contributed by atoms with van der Waals surface area (Å²) >= 11 is 0. The second-order valence-electron chi connectivity index (χ2n) is 4.99. The third kappa shape index (κ3) is 5.62. The smallest absolute Gasteiger partial charge is 0.0589 e. The van der Waals surface area contributed by atoms with Gasteiger partial charge < -0.3 is 10.5 Å². The highest BCUT2D eigenvalue weighted by atomic mass is 16.5. The Bertz CT molecular complexity index is 350. The molecule has 3 heteroatoms. The van der Waals surface area contributed by atoms with Crippen LogP contribution in [0.5, 0.6) is 0 Å². The van der Waals surface area contributed by atoms with Crippen molar-refractivity contribution in [3.8, 4) is 0 Å². The maximum atomic E-state index is 5.82. The van der Waals surface area contributed by atoms with Gasteiger partial charge in [0.2, 0.25) is 0 Å². The van der Waals surface area contributed by atoms with Crippen LogP contribution in [0.15, 0.2) is 24.3 Å². The predicted molar refractivity (Wildman–Crippen MR) is 82.4 cm³/mol. The number of hydrogen-bond acceptors (Lipinski definition) is 3. The Hall–Kier alpha value is -1.06. The van der Waals surface area contributed by atoms with Crippen molar-refractivity contribution in [3.05, 3.63) is 29.8 Å². The third-order valence-corrected chi connectivity index (χ3v) is 3.68. The van der Waals surface area contributed by atoms with Crippen LogP contribution in [0.4, 0.5) is 5.69 Å². The Morgan fingerprint density at radius 1 is 1.21 bits per heavy atom. The number of rotatable bonds is 9. The second-order valence-corrected chi connectivity index (χ2v) is 4.99. The lowest BCUT2D eigenvalue weighted by Crippen LogP contribution is -2.38. The Labute approximate surface area is 117 Å². The molecule has 0 atom stereocenters. The van der Waals surface area contributed by atoms with Gasteiger partial charge in [-0.25, -0.2) is 0 Å². The molecule has 0 aliphatic carbocycles. The van der Waals surface area contributed by atoms with Crippen molar-refractivity contribution in [2.75, 3.05) is 32.5 Å². The number of anilines is 1. The molecule has 0 saturated carbocycles. The highest BCUT2D eigenvalue weighted by molar-refractivity contribution is 5.40. The Balaban J connectivity index is 2.56. The number of nitrogen functional groups attached to an aromatic ring is 1. The van der Waals surface area contributed by atoms with E-state index in [2.05, 4.69) is 30.9 Å². The first kappa shape index (κ1) is 16.0. The second kappa shape index (κ2) is 8.94. The first-order valence-corrected chi connectivity index (χ1v) is 7.28. The molecule has 0 amide bonds. The van der Waals surface area contributed by atoms with Gasteiger partial charge in [-0.1, -0.05) is 26.0 Å². The zero-order chi connectivity index (χ0) is 14.1. The summed E-state index contributed by atoms with van der Waals surface area (Å²) in [6.07, 6.45) is 3.43. The fraction of sp³-hybridized carbons (Fsp3) is 0.625. The third-order valence-electron chi connectivity index (χ3n) is 3.68. The van der Waals surface area contributed by atoms with E-state index in [-0.39, 0.29) is 0 Å². The van der Waals surface area contributed by atoms with Crippen molar-refractivity contribution in [2.45, 2.75) is 39.2 Å². The van der Waals surface area contributed by atoms with Gasteiger partial charge in [-0.2, -0.15) is 0 Å². The molecule has 0 heterocycles. The van der Waals surface area contributed by atoms with Crippen LogP contribution >= 0.6 is 0 Å². The molecule has 0 fully saturated rings. The predicted octanol–water partition coefficient (Wildman–Crippen LogP) is 2.95. The van der Waals surface area contributed by atoms with Crippen molar-refractivity contribution in [2.24, 2.45) is 0 Å². The van der Waals surface area contributed by atoms with E-state index in [1.165, 1.54) is 18.4 Å². The van der Waals surface area contributed by atoms with E-state index in [1.807, 2.05) is 12.1 Å². The monoisotopic (exact) mass is 264 g/mol. The largest absolute Gasteiger partial charge is 0.399 e. The SMILES string of the molecule is CCC(CC)N(CCOC)CCc1cccc(N)c1. The van der Waals surface area contributed by atoms with Gasteiger partial charge in [0.15, 0.2) is 0 Å². The Morgan fingerprint density at radius 3 is 2.53 bits per heavy atom. The maximum Gasteiger partial charge on any atom is 0.0589 e. The number of nitrogens with two attached hydrogens (primary N) is 1. The van der Waals surface area contributed by atoms with Crippen LogP contribution in [0.1, 0.15) is 32.3 Å². The van der Waals surface area contributed by atoms with Gasteiger partial charge in [0.25, 0.3) is 0 Å². The number of methoxy groups -OCH3 is 1. The fourth-order valence-electron chi connectivity index (χ4n) is 2.51. The van der Waals surface area contributed by atoms with E-state index in [4.69, 9.17) is 10.5 Å². The molecule has 0 saturated heterocycles. The molecule has 1 aromatic carbocycles. The van der Waals surface area contributed by atoms with E-state index in [0.717, 1.165) is 31.8 Å². The van der Waals surface area contributed by atoms with Gasteiger partial charge >= 0.3 is 0 Å². The van der Waals surface area contributed by atoms with Gasteiger partial charge in [0, 0.05) is 31.9 Å². The van der Waals surface area contributed by atoms with Crippen LogP contribution in [0.25, 0.3) is 0 Å². The van der Waals surface area contributed by atoms with Gasteiger partial charge in [-0.05, 0) is 37.0 Å². The zero-order valence-corrected chi connectivity index (χ0v) is 12.6. The van der Waals surface area contributed by atoms with Crippen molar-refractivity contribution in [1.82, 2.24) is 4.90 Å². The number of nitrogens with zero attached hydrogens (tertiary/aromatic N) is 1. The van der Waals surface area contributed by atoms with E-state index >= 15 is 0 Å². The molecule has 1 aromatic rings. The van der Waals surface area contributed by atoms with E-state index in [0.29, 0.717) is 6.04 Å². The Morgan fingerprint density at radius 2 is 1.95 bits per heavy atom. The van der Waals surface area contributed by atoms with Gasteiger partial charge in [0.05, 0.1) is 6.61 Å². The topological polar surface area (TPSA) is 38.5 Å². The molecule has 0 radical (unpaired) electrons. The van der Waals surface area contributed by atoms with Crippen LogP contribution in [0.3, 0.4) is 0 Å². The van der Waals surface area contributed by atoms with Gasteiger partial charge in [0.1, 0.15) is 0 Å². The molecule has 0 aliphatic heterocycles. The first-order chi connectivity index (χ1) is 9.21. The van der Waals surface area contributed by atoms with Crippen LogP contribution < -0.4 is 5.73 Å². The summed E-state index contributed by atoms with van der Waals surface area (Å²) < 4.78 is 5.22. The van der Waals surface area contributed by atoms with Crippen LogP contribution in [0.2, 0.25) is 0 Å². The van der Waals surface area contributed by atoms with Crippen molar-refractivity contribution in [3.63, 3.8) is 0 Å². The van der Waals surface area contributed by atoms with E-state index in [1.54, 1.807) is 7.11 Å². The quantitative estimate of drug-likeness (QED) is 0.697. The van der Waals surface area contributed by atoms with Crippen molar-refractivity contribution in [1.29, 1.82) is 0 Å². The number of hydrogen-bond donors (Lipinski definition) is 1. The number of ether oxygens (including phenoxy) is 1. The molecular weight excluding hydrogens is 236 g/mol. The molecule has 0 bridgehead atoms. The molecule has 19 heavy (non-hydrogen) atoms. The maximum absolute atomic E-state index is 5.82. The molecule has 0 aromatic heterocycles.